The Morgan fingerprint density at radius 1 is 1.03 bits per heavy atom. The number of rotatable bonds is 8. The lowest BCUT2D eigenvalue weighted by atomic mass is 10.0. The molecule has 9 heteroatoms. The van der Waals surface area contributed by atoms with Gasteiger partial charge in [-0.15, -0.1) is 23.4 Å². The molecule has 2 unspecified atom stereocenters. The second-order valence-electron chi connectivity index (χ2n) is 7.82. The summed E-state index contributed by atoms with van der Waals surface area (Å²) < 4.78 is 41.3. The molecule has 4 rings (SSSR count). The minimum Gasteiger partial charge on any atom is -0.347 e. The molecule has 1 saturated heterocycles. The lowest BCUT2D eigenvalue weighted by molar-refractivity contribution is -0.122. The smallest absolute Gasteiger partial charge is 0.249 e. The fourth-order valence-corrected chi connectivity index (χ4v) is 7.17. The van der Waals surface area contributed by atoms with Crippen LogP contribution < -0.4 is 5.32 Å². The minimum atomic E-state index is -3.87. The number of amides is 1. The average molecular weight is 519 g/mol. The van der Waals surface area contributed by atoms with Crippen LogP contribution in [-0.2, 0) is 14.8 Å². The van der Waals surface area contributed by atoms with Crippen LogP contribution in [0.25, 0.3) is 11.1 Å². The quantitative estimate of drug-likeness (QED) is 0.424. The average Bonchev–Trinajstić information content (AvgIpc) is 3.36. The summed E-state index contributed by atoms with van der Waals surface area (Å²) in [5.74, 6) is 0.0134. The summed E-state index contributed by atoms with van der Waals surface area (Å²) >= 11 is 7.20. The van der Waals surface area contributed by atoms with Crippen LogP contribution in [0.1, 0.15) is 18.0 Å². The van der Waals surface area contributed by atoms with Gasteiger partial charge in [-0.2, -0.15) is 4.31 Å². The summed E-state index contributed by atoms with van der Waals surface area (Å²) in [7, 11) is -3.87. The largest absolute Gasteiger partial charge is 0.347 e. The summed E-state index contributed by atoms with van der Waals surface area (Å²) in [6.07, 6.45) is 0.435. The van der Waals surface area contributed by atoms with Crippen LogP contribution in [-0.4, -0.2) is 42.2 Å². The van der Waals surface area contributed by atoms with E-state index in [1.807, 2.05) is 30.3 Å². The van der Waals surface area contributed by atoms with Crippen molar-refractivity contribution in [3.8, 4) is 11.1 Å². The number of sulfonamides is 1. The predicted octanol–water partition coefficient (Wildman–Crippen LogP) is 5.04. The maximum atomic E-state index is 13.4. The van der Waals surface area contributed by atoms with Gasteiger partial charge in [-0.1, -0.05) is 54.6 Å². The van der Waals surface area contributed by atoms with Gasteiger partial charge < -0.3 is 5.32 Å². The van der Waals surface area contributed by atoms with Crippen LogP contribution in [0.3, 0.4) is 0 Å². The second-order valence-corrected chi connectivity index (χ2v) is 11.3. The molecule has 3 aromatic rings. The third kappa shape index (κ3) is 5.46. The van der Waals surface area contributed by atoms with E-state index in [1.165, 1.54) is 28.2 Å². The number of hydrogen-bond acceptors (Lipinski definition) is 4. The van der Waals surface area contributed by atoms with Crippen molar-refractivity contribution in [3.63, 3.8) is 0 Å². The van der Waals surface area contributed by atoms with E-state index in [0.717, 1.165) is 11.1 Å². The van der Waals surface area contributed by atoms with Gasteiger partial charge in [0.05, 0.1) is 10.9 Å². The van der Waals surface area contributed by atoms with Crippen LogP contribution >= 0.6 is 23.4 Å². The normalized spacial score (nSPS) is 17.4. The monoisotopic (exact) mass is 518 g/mol. The van der Waals surface area contributed by atoms with E-state index in [4.69, 9.17) is 11.6 Å². The Balaban J connectivity index is 1.52. The highest BCUT2D eigenvalue weighted by Crippen LogP contribution is 2.32. The first-order valence-electron chi connectivity index (χ1n) is 10.8. The molecule has 0 aliphatic carbocycles. The maximum Gasteiger partial charge on any atom is 0.249 e. The number of nitrogens with zero attached hydrogens (tertiary/aromatic N) is 1. The van der Waals surface area contributed by atoms with E-state index < -0.39 is 27.3 Å². The Bertz CT molecular complexity index is 1220. The van der Waals surface area contributed by atoms with E-state index in [-0.39, 0.29) is 23.1 Å². The number of carbonyl (C=O) groups is 1. The summed E-state index contributed by atoms with van der Waals surface area (Å²) in [6, 6.07) is 21.8. The van der Waals surface area contributed by atoms with Crippen molar-refractivity contribution in [1.82, 2.24) is 9.62 Å². The number of hydrogen-bond donors (Lipinski definition) is 1. The van der Waals surface area contributed by atoms with Crippen molar-refractivity contribution in [1.29, 1.82) is 0 Å². The minimum absolute atomic E-state index is 0.142. The fourth-order valence-electron chi connectivity index (χ4n) is 3.86. The van der Waals surface area contributed by atoms with Crippen LogP contribution in [0, 0.1) is 5.82 Å². The third-order valence-electron chi connectivity index (χ3n) is 5.63. The van der Waals surface area contributed by atoms with E-state index in [9.17, 15) is 17.6 Å². The number of halogens is 2. The molecule has 5 nitrogen and oxygen atoms in total. The molecule has 1 N–H and O–H groups in total. The SMILES string of the molecule is O=C(NC(CCCl)c1ccc(F)cc1)C1SCCN1S(=O)(=O)c1ccc(-c2ccccc2)cc1. The van der Waals surface area contributed by atoms with Gasteiger partial charge in [0.15, 0.2) is 0 Å². The van der Waals surface area contributed by atoms with E-state index in [1.54, 1.807) is 36.4 Å². The molecule has 0 spiro atoms. The molecule has 1 aliphatic rings. The van der Waals surface area contributed by atoms with Gasteiger partial charge in [-0.05, 0) is 47.4 Å². The molecule has 0 saturated carbocycles. The van der Waals surface area contributed by atoms with E-state index >= 15 is 0 Å². The summed E-state index contributed by atoms with van der Waals surface area (Å²) in [5, 5.41) is 2.02. The van der Waals surface area contributed by atoms with E-state index in [2.05, 4.69) is 5.32 Å². The zero-order valence-corrected chi connectivity index (χ0v) is 20.6. The second kappa shape index (κ2) is 10.9. The summed E-state index contributed by atoms with van der Waals surface area (Å²) in [4.78, 5) is 13.3. The van der Waals surface area contributed by atoms with Crippen LogP contribution in [0.5, 0.6) is 0 Å². The highest BCUT2D eigenvalue weighted by molar-refractivity contribution is 8.02. The molecule has 178 valence electrons. The lowest BCUT2D eigenvalue weighted by Gasteiger charge is -2.25. The number of nitrogens with one attached hydrogen (secondary N) is 1. The molecule has 1 fully saturated rings. The van der Waals surface area contributed by atoms with Gasteiger partial charge in [-0.25, -0.2) is 12.8 Å². The van der Waals surface area contributed by atoms with Gasteiger partial charge >= 0.3 is 0 Å². The molecular formula is C25H24ClFN2O3S2. The molecule has 0 radical (unpaired) electrons. The fraction of sp³-hybridized carbons (Fsp3) is 0.240. The van der Waals surface area contributed by atoms with Crippen molar-refractivity contribution in [2.75, 3.05) is 18.2 Å². The van der Waals surface area contributed by atoms with Crippen molar-refractivity contribution in [3.05, 3.63) is 90.2 Å². The zero-order valence-electron chi connectivity index (χ0n) is 18.2. The zero-order chi connectivity index (χ0) is 24.1. The third-order valence-corrected chi connectivity index (χ3v) is 9.06. The summed E-state index contributed by atoms with van der Waals surface area (Å²) in [5.41, 5.74) is 2.61. The molecule has 0 bridgehead atoms. The number of alkyl halides is 1. The molecule has 3 aromatic carbocycles. The predicted molar refractivity (Wildman–Crippen MR) is 135 cm³/mol. The van der Waals surface area contributed by atoms with Gasteiger partial charge in [0.25, 0.3) is 0 Å². The molecule has 34 heavy (non-hydrogen) atoms. The van der Waals surface area contributed by atoms with Crippen LogP contribution in [0.15, 0.2) is 83.8 Å². The van der Waals surface area contributed by atoms with Gasteiger partial charge in [0.1, 0.15) is 11.2 Å². The topological polar surface area (TPSA) is 66.5 Å². The highest BCUT2D eigenvalue weighted by Gasteiger charge is 2.40. The first kappa shape index (κ1) is 24.7. The number of benzene rings is 3. The van der Waals surface area contributed by atoms with Crippen molar-refractivity contribution in [2.24, 2.45) is 0 Å². The molecule has 1 amide bonds. The lowest BCUT2D eigenvalue weighted by Crippen LogP contribution is -2.45. The van der Waals surface area contributed by atoms with Gasteiger partial charge in [0.2, 0.25) is 15.9 Å². The first-order chi connectivity index (χ1) is 16.4. The molecule has 1 aliphatic heterocycles. The van der Waals surface area contributed by atoms with Crippen molar-refractivity contribution < 1.29 is 17.6 Å². The van der Waals surface area contributed by atoms with E-state index in [0.29, 0.717) is 17.7 Å². The number of thioether (sulfide) groups is 1. The standard InChI is InChI=1S/C25H24ClFN2O3S2/c26-15-14-23(20-6-10-21(27)11-7-20)28-24(30)25-29(16-17-33-25)34(31,32)22-12-8-19(9-13-22)18-4-2-1-3-5-18/h1-13,23,25H,14-17H2,(H,28,30). The Labute approximate surface area is 208 Å². The van der Waals surface area contributed by atoms with Crippen LogP contribution in [0.4, 0.5) is 4.39 Å². The Morgan fingerprint density at radius 3 is 2.32 bits per heavy atom. The maximum absolute atomic E-state index is 13.4. The molecule has 1 heterocycles. The van der Waals surface area contributed by atoms with Crippen molar-refractivity contribution in [2.45, 2.75) is 22.7 Å². The molecule has 0 aromatic heterocycles. The number of carbonyl (C=O) groups excluding carboxylic acids is 1. The Kier molecular flexibility index (Phi) is 7.93. The highest BCUT2D eigenvalue weighted by atomic mass is 35.5. The first-order valence-corrected chi connectivity index (χ1v) is 13.8. The Morgan fingerprint density at radius 2 is 1.68 bits per heavy atom. The summed E-state index contributed by atoms with van der Waals surface area (Å²) in [6.45, 7) is 0.238. The van der Waals surface area contributed by atoms with Gasteiger partial charge in [0, 0.05) is 18.2 Å². The molecule has 2 atom stereocenters. The van der Waals surface area contributed by atoms with Crippen molar-refractivity contribution >= 4 is 39.3 Å². The Hall–Kier alpha value is -2.39. The van der Waals surface area contributed by atoms with Gasteiger partial charge in [-0.3, -0.25) is 4.79 Å². The molecular weight excluding hydrogens is 495 g/mol. The van der Waals surface area contributed by atoms with Crippen LogP contribution in [0.2, 0.25) is 0 Å².